The SMILES string of the molecule is CC/C=C\C/C=C\C/C=C\CCCCCCCC(=O)OC(COC(=O)CCCCCCCCC/C=C\C/C=C\CCCCC)COC(=O)CCCCCCCCCCCCCCC. The van der Waals surface area contributed by atoms with Gasteiger partial charge >= 0.3 is 17.9 Å². The predicted octanol–water partition coefficient (Wildman–Crippen LogP) is 17.6. The highest BCUT2D eigenvalue weighted by molar-refractivity contribution is 5.71. The van der Waals surface area contributed by atoms with Crippen molar-refractivity contribution in [2.45, 2.75) is 271 Å². The van der Waals surface area contributed by atoms with Crippen LogP contribution in [-0.2, 0) is 28.6 Å². The summed E-state index contributed by atoms with van der Waals surface area (Å²) < 4.78 is 16.8. The molecule has 1 atom stereocenters. The van der Waals surface area contributed by atoms with Gasteiger partial charge in [-0.15, -0.1) is 0 Å². The summed E-state index contributed by atoms with van der Waals surface area (Å²) in [7, 11) is 0. The van der Waals surface area contributed by atoms with Crippen LogP contribution in [0.1, 0.15) is 265 Å². The molecule has 0 spiro atoms. The van der Waals surface area contributed by atoms with Crippen molar-refractivity contribution >= 4 is 17.9 Å². The number of esters is 3. The van der Waals surface area contributed by atoms with Crippen LogP contribution in [-0.4, -0.2) is 37.2 Å². The van der Waals surface area contributed by atoms with E-state index in [0.717, 1.165) is 109 Å². The van der Waals surface area contributed by atoms with E-state index in [4.69, 9.17) is 14.2 Å². The van der Waals surface area contributed by atoms with Crippen molar-refractivity contribution in [2.75, 3.05) is 13.2 Å². The molecule has 0 saturated heterocycles. The average molecular weight is 881 g/mol. The first kappa shape index (κ1) is 60.1. The van der Waals surface area contributed by atoms with Crippen molar-refractivity contribution in [1.29, 1.82) is 0 Å². The Bertz CT molecular complexity index is 1150. The number of carbonyl (C=O) groups excluding carboxylic acids is 3. The van der Waals surface area contributed by atoms with Gasteiger partial charge in [0.15, 0.2) is 6.10 Å². The molecule has 0 bridgehead atoms. The first-order valence-corrected chi connectivity index (χ1v) is 26.8. The van der Waals surface area contributed by atoms with Gasteiger partial charge in [0.25, 0.3) is 0 Å². The summed E-state index contributed by atoms with van der Waals surface area (Å²) >= 11 is 0. The third kappa shape index (κ3) is 50.0. The lowest BCUT2D eigenvalue weighted by Crippen LogP contribution is -2.30. The Morgan fingerprint density at radius 3 is 1.00 bits per heavy atom. The fraction of sp³-hybridized carbons (Fsp3) is 0.772. The van der Waals surface area contributed by atoms with Gasteiger partial charge in [0.1, 0.15) is 13.2 Å². The number of hydrogen-bond acceptors (Lipinski definition) is 6. The molecule has 364 valence electrons. The zero-order valence-electron chi connectivity index (χ0n) is 41.6. The molecule has 0 aliphatic rings. The van der Waals surface area contributed by atoms with E-state index < -0.39 is 6.10 Å². The highest BCUT2D eigenvalue weighted by atomic mass is 16.6. The van der Waals surface area contributed by atoms with Crippen LogP contribution in [0.15, 0.2) is 60.8 Å². The van der Waals surface area contributed by atoms with Crippen LogP contribution in [0.4, 0.5) is 0 Å². The van der Waals surface area contributed by atoms with Crippen molar-refractivity contribution in [1.82, 2.24) is 0 Å². The predicted molar refractivity (Wildman–Crippen MR) is 270 cm³/mol. The summed E-state index contributed by atoms with van der Waals surface area (Å²) in [5.41, 5.74) is 0. The lowest BCUT2D eigenvalue weighted by atomic mass is 10.0. The Hall–Kier alpha value is -2.89. The Balaban J connectivity index is 4.40. The minimum absolute atomic E-state index is 0.0819. The van der Waals surface area contributed by atoms with Gasteiger partial charge in [-0.25, -0.2) is 0 Å². The molecule has 0 amide bonds. The summed E-state index contributed by atoms with van der Waals surface area (Å²) in [5, 5.41) is 0. The standard InChI is InChI=1S/C57H100O6/c1-4-7-10-13-16-19-22-25-27-28-30-32-35-38-41-44-47-50-56(59)62-53-54(52-61-55(58)49-46-43-40-37-34-31-24-21-18-15-12-9-6-3)63-57(60)51-48-45-42-39-36-33-29-26-23-20-17-14-11-8-5-2/h8,11,16-17,19-20,25-27,29,54H,4-7,9-10,12-15,18,21-24,28,30-53H2,1-3H3/b11-8-,19-16-,20-17-,27-25-,29-26-. The molecule has 0 saturated carbocycles. The molecule has 1 unspecified atom stereocenters. The van der Waals surface area contributed by atoms with Gasteiger partial charge in [0, 0.05) is 19.3 Å². The summed E-state index contributed by atoms with van der Waals surface area (Å²) in [6.07, 6.45) is 63.4. The second-order valence-corrected chi connectivity index (χ2v) is 17.8. The first-order chi connectivity index (χ1) is 31.0. The van der Waals surface area contributed by atoms with Gasteiger partial charge in [-0.05, 0) is 83.5 Å². The lowest BCUT2D eigenvalue weighted by Gasteiger charge is -2.18. The molecule has 63 heavy (non-hydrogen) atoms. The summed E-state index contributed by atoms with van der Waals surface area (Å²) in [5.74, 6) is -0.900. The maximum atomic E-state index is 12.8. The largest absolute Gasteiger partial charge is 0.462 e. The van der Waals surface area contributed by atoms with Gasteiger partial charge in [-0.1, -0.05) is 223 Å². The molecule has 0 aliphatic heterocycles. The zero-order chi connectivity index (χ0) is 45.8. The Kier molecular flexibility index (Phi) is 49.4. The molecule has 0 fully saturated rings. The molecule has 0 N–H and O–H groups in total. The van der Waals surface area contributed by atoms with Crippen molar-refractivity contribution < 1.29 is 28.6 Å². The minimum atomic E-state index is -0.784. The quantitative estimate of drug-likeness (QED) is 0.0262. The Labute approximate surface area is 390 Å². The second-order valence-electron chi connectivity index (χ2n) is 17.8. The average Bonchev–Trinajstić information content (AvgIpc) is 3.28. The highest BCUT2D eigenvalue weighted by Crippen LogP contribution is 2.15. The van der Waals surface area contributed by atoms with Crippen LogP contribution in [0.2, 0.25) is 0 Å². The van der Waals surface area contributed by atoms with Crippen LogP contribution >= 0.6 is 0 Å². The van der Waals surface area contributed by atoms with Gasteiger partial charge in [0.05, 0.1) is 0 Å². The molecule has 0 aliphatic carbocycles. The van der Waals surface area contributed by atoms with E-state index in [1.807, 2.05) is 0 Å². The molecule has 0 heterocycles. The van der Waals surface area contributed by atoms with E-state index in [2.05, 4.69) is 81.5 Å². The first-order valence-electron chi connectivity index (χ1n) is 26.8. The summed E-state index contributed by atoms with van der Waals surface area (Å²) in [6.45, 7) is 6.49. The molecule has 0 aromatic heterocycles. The van der Waals surface area contributed by atoms with Crippen molar-refractivity contribution in [3.63, 3.8) is 0 Å². The van der Waals surface area contributed by atoms with Crippen LogP contribution < -0.4 is 0 Å². The van der Waals surface area contributed by atoms with E-state index >= 15 is 0 Å². The Morgan fingerprint density at radius 1 is 0.333 bits per heavy atom. The lowest BCUT2D eigenvalue weighted by molar-refractivity contribution is -0.167. The number of ether oxygens (including phenoxy) is 3. The fourth-order valence-corrected chi connectivity index (χ4v) is 7.49. The maximum Gasteiger partial charge on any atom is 0.306 e. The molecule has 0 radical (unpaired) electrons. The smallest absolute Gasteiger partial charge is 0.306 e. The molecule has 0 aromatic rings. The highest BCUT2D eigenvalue weighted by Gasteiger charge is 2.19. The molecular formula is C57H100O6. The molecule has 0 rings (SSSR count). The zero-order valence-corrected chi connectivity index (χ0v) is 41.6. The normalized spacial score (nSPS) is 12.5. The minimum Gasteiger partial charge on any atom is -0.462 e. The third-order valence-electron chi connectivity index (χ3n) is 11.5. The van der Waals surface area contributed by atoms with E-state index in [0.29, 0.717) is 19.3 Å². The molecule has 6 heteroatoms. The summed E-state index contributed by atoms with van der Waals surface area (Å²) in [4.78, 5) is 38.0. The fourth-order valence-electron chi connectivity index (χ4n) is 7.49. The summed E-state index contributed by atoms with van der Waals surface area (Å²) in [6, 6.07) is 0. The second kappa shape index (κ2) is 51.7. The van der Waals surface area contributed by atoms with Crippen LogP contribution in [0.5, 0.6) is 0 Å². The number of hydrogen-bond donors (Lipinski definition) is 0. The van der Waals surface area contributed by atoms with Crippen LogP contribution in [0.25, 0.3) is 0 Å². The number of allylic oxidation sites excluding steroid dienone is 10. The number of carbonyl (C=O) groups is 3. The van der Waals surface area contributed by atoms with Crippen molar-refractivity contribution in [3.8, 4) is 0 Å². The molecule has 6 nitrogen and oxygen atoms in total. The Morgan fingerprint density at radius 2 is 0.619 bits per heavy atom. The van der Waals surface area contributed by atoms with E-state index in [1.54, 1.807) is 0 Å². The molecule has 0 aromatic carbocycles. The van der Waals surface area contributed by atoms with E-state index in [9.17, 15) is 14.4 Å². The van der Waals surface area contributed by atoms with Crippen molar-refractivity contribution in [2.24, 2.45) is 0 Å². The third-order valence-corrected chi connectivity index (χ3v) is 11.5. The maximum absolute atomic E-state index is 12.8. The van der Waals surface area contributed by atoms with Gasteiger partial charge in [0.2, 0.25) is 0 Å². The van der Waals surface area contributed by atoms with E-state index in [-0.39, 0.29) is 31.1 Å². The number of unbranched alkanes of at least 4 members (excludes halogenated alkanes) is 27. The monoisotopic (exact) mass is 881 g/mol. The van der Waals surface area contributed by atoms with Crippen LogP contribution in [0.3, 0.4) is 0 Å². The van der Waals surface area contributed by atoms with E-state index in [1.165, 1.54) is 116 Å². The van der Waals surface area contributed by atoms with Crippen LogP contribution in [0, 0.1) is 0 Å². The van der Waals surface area contributed by atoms with Gasteiger partial charge in [-0.3, -0.25) is 14.4 Å². The number of rotatable bonds is 48. The topological polar surface area (TPSA) is 78.9 Å². The van der Waals surface area contributed by atoms with Gasteiger partial charge in [-0.2, -0.15) is 0 Å². The van der Waals surface area contributed by atoms with Crippen molar-refractivity contribution in [3.05, 3.63) is 60.8 Å². The molecular weight excluding hydrogens is 781 g/mol. The van der Waals surface area contributed by atoms with Gasteiger partial charge < -0.3 is 14.2 Å².